The lowest BCUT2D eigenvalue weighted by molar-refractivity contribution is 0.0948. The van der Waals surface area contributed by atoms with E-state index in [1.807, 2.05) is 6.07 Å². The summed E-state index contributed by atoms with van der Waals surface area (Å²) in [6, 6.07) is 3.63. The van der Waals surface area contributed by atoms with Crippen LogP contribution in [0.5, 0.6) is 0 Å². The van der Waals surface area contributed by atoms with Gasteiger partial charge in [-0.2, -0.15) is 0 Å². The number of rotatable bonds is 3. The Morgan fingerprint density at radius 1 is 1.52 bits per heavy atom. The highest BCUT2D eigenvalue weighted by atomic mass is 32.1. The zero-order valence-corrected chi connectivity index (χ0v) is 13.9. The van der Waals surface area contributed by atoms with Gasteiger partial charge in [0.25, 0.3) is 5.91 Å². The molecular formula is C14H17N5O2S2. The van der Waals surface area contributed by atoms with E-state index in [1.165, 1.54) is 11.3 Å². The van der Waals surface area contributed by atoms with E-state index in [0.717, 1.165) is 29.7 Å². The average Bonchev–Trinajstić information content (AvgIpc) is 3.19. The summed E-state index contributed by atoms with van der Waals surface area (Å²) in [6.07, 6.45) is 3.94. The minimum atomic E-state index is -0.341. The molecule has 122 valence electrons. The van der Waals surface area contributed by atoms with Gasteiger partial charge in [0.05, 0.1) is 11.8 Å². The lowest BCUT2D eigenvalue weighted by Crippen LogP contribution is -2.48. The quantitative estimate of drug-likeness (QED) is 0.486. The Kier molecular flexibility index (Phi) is 4.89. The van der Waals surface area contributed by atoms with Crippen LogP contribution in [0.2, 0.25) is 0 Å². The van der Waals surface area contributed by atoms with Crippen LogP contribution in [-0.2, 0) is 4.74 Å². The largest absolute Gasteiger partial charge is 0.397 e. The van der Waals surface area contributed by atoms with Gasteiger partial charge in [0.15, 0.2) is 5.11 Å². The monoisotopic (exact) mass is 351 g/mol. The first-order valence-corrected chi connectivity index (χ1v) is 8.46. The highest BCUT2D eigenvalue weighted by Crippen LogP contribution is 2.31. The summed E-state index contributed by atoms with van der Waals surface area (Å²) in [5.74, 6) is -0.341. The number of ether oxygens (including phenoxy) is 1. The van der Waals surface area contributed by atoms with E-state index in [9.17, 15) is 4.79 Å². The van der Waals surface area contributed by atoms with Crippen LogP contribution in [0, 0.1) is 0 Å². The molecule has 1 saturated heterocycles. The smallest absolute Gasteiger partial charge is 0.281 e. The number of thiocarbonyl (C=S) groups is 1. The summed E-state index contributed by atoms with van der Waals surface area (Å²) in [5, 5.41) is 4.13. The second-order valence-corrected chi connectivity index (χ2v) is 6.53. The van der Waals surface area contributed by atoms with Gasteiger partial charge in [0.1, 0.15) is 9.71 Å². The Morgan fingerprint density at radius 2 is 2.39 bits per heavy atom. The molecule has 1 aliphatic heterocycles. The van der Waals surface area contributed by atoms with E-state index >= 15 is 0 Å². The van der Waals surface area contributed by atoms with Crippen molar-refractivity contribution in [2.45, 2.75) is 18.9 Å². The minimum absolute atomic E-state index is 0.176. The Morgan fingerprint density at radius 3 is 3.13 bits per heavy atom. The molecule has 1 unspecified atom stereocenters. The number of nitrogen functional groups attached to an aromatic ring is 1. The molecule has 3 rings (SSSR count). The minimum Gasteiger partial charge on any atom is -0.397 e. The van der Waals surface area contributed by atoms with Gasteiger partial charge in [0, 0.05) is 24.7 Å². The zero-order valence-electron chi connectivity index (χ0n) is 12.3. The summed E-state index contributed by atoms with van der Waals surface area (Å²) in [4.78, 5) is 17.6. The third kappa shape index (κ3) is 3.69. The van der Waals surface area contributed by atoms with E-state index in [2.05, 4.69) is 21.2 Å². The molecule has 2 aromatic rings. The Balaban J connectivity index is 1.53. The van der Waals surface area contributed by atoms with Crippen molar-refractivity contribution in [1.82, 2.24) is 21.2 Å². The van der Waals surface area contributed by atoms with Crippen LogP contribution in [0.25, 0.3) is 10.2 Å². The van der Waals surface area contributed by atoms with Crippen LogP contribution in [0.15, 0.2) is 18.3 Å². The molecule has 0 saturated carbocycles. The van der Waals surface area contributed by atoms with Crippen LogP contribution < -0.4 is 21.9 Å². The topological polar surface area (TPSA) is 101 Å². The van der Waals surface area contributed by atoms with Gasteiger partial charge in [-0.25, -0.2) is 4.98 Å². The van der Waals surface area contributed by atoms with Crippen molar-refractivity contribution in [3.8, 4) is 0 Å². The number of nitrogens with one attached hydrogen (secondary N) is 3. The molecule has 23 heavy (non-hydrogen) atoms. The van der Waals surface area contributed by atoms with Crippen molar-refractivity contribution in [3.63, 3.8) is 0 Å². The number of nitrogens with two attached hydrogens (primary N) is 1. The molecule has 7 nitrogen and oxygen atoms in total. The van der Waals surface area contributed by atoms with Gasteiger partial charge >= 0.3 is 0 Å². The van der Waals surface area contributed by atoms with E-state index < -0.39 is 0 Å². The zero-order chi connectivity index (χ0) is 16.2. The summed E-state index contributed by atoms with van der Waals surface area (Å²) in [7, 11) is 0. The molecule has 9 heteroatoms. The maximum atomic E-state index is 12.2. The highest BCUT2D eigenvalue weighted by Gasteiger charge is 2.18. The number of nitrogens with zero attached hydrogens (tertiary/aromatic N) is 1. The molecule has 2 aromatic heterocycles. The second-order valence-electron chi connectivity index (χ2n) is 5.13. The summed E-state index contributed by atoms with van der Waals surface area (Å²) < 4.78 is 5.49. The number of carbonyl (C=O) groups is 1. The highest BCUT2D eigenvalue weighted by molar-refractivity contribution is 7.80. The third-order valence-corrected chi connectivity index (χ3v) is 4.89. The van der Waals surface area contributed by atoms with Crippen molar-refractivity contribution in [2.75, 3.05) is 18.9 Å². The van der Waals surface area contributed by atoms with Crippen molar-refractivity contribution < 1.29 is 9.53 Å². The van der Waals surface area contributed by atoms with Crippen LogP contribution in [0.1, 0.15) is 22.5 Å². The normalized spacial score (nSPS) is 17.1. The van der Waals surface area contributed by atoms with E-state index in [4.69, 9.17) is 22.7 Å². The molecule has 1 aliphatic rings. The lowest BCUT2D eigenvalue weighted by atomic mass is 10.2. The van der Waals surface area contributed by atoms with Gasteiger partial charge in [-0.05, 0) is 37.2 Å². The fourth-order valence-corrected chi connectivity index (χ4v) is 3.44. The van der Waals surface area contributed by atoms with Crippen molar-refractivity contribution in [2.24, 2.45) is 0 Å². The number of fused-ring (bicyclic) bond motifs is 1. The third-order valence-electron chi connectivity index (χ3n) is 3.51. The van der Waals surface area contributed by atoms with Crippen LogP contribution >= 0.6 is 23.6 Å². The van der Waals surface area contributed by atoms with Gasteiger partial charge in [0.2, 0.25) is 0 Å². The predicted octanol–water partition coefficient (Wildman–Crippen LogP) is 1.17. The standard InChI is InChI=1S/C14H17N5O2S2/c15-10-9-4-1-5-16-13(9)23-11(10)12(20)18-19-14(22)17-7-8-3-2-6-21-8/h1,4-5,8H,2-3,6-7,15H2,(H,18,20)(H2,17,19,22). The molecule has 5 N–H and O–H groups in total. The van der Waals surface area contributed by atoms with Crippen LogP contribution in [0.3, 0.4) is 0 Å². The number of aromatic nitrogens is 1. The number of thiophene rings is 1. The summed E-state index contributed by atoms with van der Waals surface area (Å²) in [5.41, 5.74) is 11.6. The van der Waals surface area contributed by atoms with Crippen molar-refractivity contribution in [3.05, 3.63) is 23.2 Å². The fraction of sp³-hybridized carbons (Fsp3) is 0.357. The lowest BCUT2D eigenvalue weighted by Gasteiger charge is -2.14. The number of pyridine rings is 1. The summed E-state index contributed by atoms with van der Waals surface area (Å²) in [6.45, 7) is 1.42. The van der Waals surface area contributed by atoms with E-state index in [1.54, 1.807) is 12.3 Å². The predicted molar refractivity (Wildman–Crippen MR) is 94.2 cm³/mol. The first-order chi connectivity index (χ1) is 11.1. The Bertz CT molecular complexity index is 727. The van der Waals surface area contributed by atoms with Crippen LogP contribution in [0.4, 0.5) is 5.69 Å². The molecule has 1 fully saturated rings. The van der Waals surface area contributed by atoms with Gasteiger partial charge in [-0.1, -0.05) is 0 Å². The van der Waals surface area contributed by atoms with Gasteiger partial charge < -0.3 is 15.8 Å². The summed E-state index contributed by atoms with van der Waals surface area (Å²) >= 11 is 6.37. The Labute approximate surface area is 142 Å². The van der Waals surface area contributed by atoms with E-state index in [0.29, 0.717) is 22.2 Å². The number of amides is 1. The number of hydrazine groups is 1. The first kappa shape index (κ1) is 15.9. The number of carbonyl (C=O) groups excluding carboxylic acids is 1. The van der Waals surface area contributed by atoms with Gasteiger partial charge in [-0.15, -0.1) is 11.3 Å². The number of hydrogen-bond donors (Lipinski definition) is 4. The maximum Gasteiger partial charge on any atom is 0.281 e. The molecule has 0 aliphatic carbocycles. The molecule has 1 atom stereocenters. The molecule has 1 amide bonds. The number of anilines is 1. The molecule has 0 radical (unpaired) electrons. The first-order valence-electron chi connectivity index (χ1n) is 7.24. The van der Waals surface area contributed by atoms with Crippen molar-refractivity contribution in [1.29, 1.82) is 0 Å². The Hall–Kier alpha value is -1.97. The van der Waals surface area contributed by atoms with Crippen molar-refractivity contribution >= 4 is 50.5 Å². The molecule has 3 heterocycles. The molecule has 0 aromatic carbocycles. The van der Waals surface area contributed by atoms with Gasteiger partial charge in [-0.3, -0.25) is 15.6 Å². The molecular weight excluding hydrogens is 334 g/mol. The maximum absolute atomic E-state index is 12.2. The second kappa shape index (κ2) is 7.07. The fourth-order valence-electron chi connectivity index (χ4n) is 2.35. The molecule has 0 bridgehead atoms. The SMILES string of the molecule is Nc1c(C(=O)NNC(=S)NCC2CCCO2)sc2ncccc12. The number of hydrogen-bond acceptors (Lipinski definition) is 6. The van der Waals surface area contributed by atoms with Crippen LogP contribution in [-0.4, -0.2) is 35.3 Å². The average molecular weight is 351 g/mol. The van der Waals surface area contributed by atoms with E-state index in [-0.39, 0.29) is 12.0 Å². The molecule has 0 spiro atoms.